The van der Waals surface area contributed by atoms with Crippen molar-refractivity contribution in [3.8, 4) is 5.75 Å². The predicted octanol–water partition coefficient (Wildman–Crippen LogP) is 4.91. The van der Waals surface area contributed by atoms with Gasteiger partial charge in [0, 0.05) is 36.1 Å². The normalized spacial score (nSPS) is 18.7. The summed E-state index contributed by atoms with van der Waals surface area (Å²) in [7, 11) is 0. The monoisotopic (exact) mass is 521 g/mol. The number of halogens is 5. The molecular weight excluding hydrogens is 497 g/mol. The number of carbonyl (C=O) groups excluding carboxylic acids is 1. The minimum Gasteiger partial charge on any atom is -0.503 e. The van der Waals surface area contributed by atoms with Gasteiger partial charge in [-0.1, -0.05) is 6.07 Å². The molecule has 12 heteroatoms. The van der Waals surface area contributed by atoms with Gasteiger partial charge in [-0.05, 0) is 55.4 Å². The number of aromatic nitrogens is 2. The first-order chi connectivity index (χ1) is 17.7. The minimum absolute atomic E-state index is 0.0815. The fourth-order valence-electron chi connectivity index (χ4n) is 4.46. The van der Waals surface area contributed by atoms with E-state index < -0.39 is 41.2 Å². The van der Waals surface area contributed by atoms with Crippen LogP contribution >= 0.6 is 0 Å². The summed E-state index contributed by atoms with van der Waals surface area (Å²) in [6, 6.07) is 5.86. The Morgan fingerprint density at radius 3 is 2.59 bits per heavy atom. The second-order valence-electron chi connectivity index (χ2n) is 8.83. The molecule has 0 bridgehead atoms. The first-order valence-corrected chi connectivity index (χ1v) is 11.5. The number of nitrogens with two attached hydrogens (primary N) is 1. The van der Waals surface area contributed by atoms with E-state index in [2.05, 4.69) is 15.4 Å². The molecule has 0 unspecified atom stereocenters. The van der Waals surface area contributed by atoms with Crippen LogP contribution in [0.2, 0.25) is 0 Å². The van der Waals surface area contributed by atoms with Gasteiger partial charge in [0.05, 0.1) is 17.1 Å². The molecule has 7 nitrogen and oxygen atoms in total. The van der Waals surface area contributed by atoms with E-state index in [0.29, 0.717) is 17.2 Å². The van der Waals surface area contributed by atoms with Crippen LogP contribution in [0.15, 0.2) is 41.7 Å². The molecule has 1 fully saturated rings. The van der Waals surface area contributed by atoms with Crippen molar-refractivity contribution >= 4 is 28.6 Å². The zero-order valence-corrected chi connectivity index (χ0v) is 19.5. The lowest BCUT2D eigenvalue weighted by molar-refractivity contribution is 0.0935. The highest BCUT2D eigenvalue weighted by Crippen LogP contribution is 2.33. The molecule has 37 heavy (non-hydrogen) atoms. The van der Waals surface area contributed by atoms with E-state index in [-0.39, 0.29) is 18.5 Å². The van der Waals surface area contributed by atoms with Gasteiger partial charge in [-0.15, -0.1) is 0 Å². The molecule has 1 aromatic heterocycles. The summed E-state index contributed by atoms with van der Waals surface area (Å²) in [6.45, 7) is -2.63. The van der Waals surface area contributed by atoms with Crippen molar-refractivity contribution in [2.75, 3.05) is 6.54 Å². The lowest BCUT2D eigenvalue weighted by atomic mass is 9.86. The van der Waals surface area contributed by atoms with Crippen molar-refractivity contribution < 1.29 is 31.9 Å². The maximum absolute atomic E-state index is 13.9. The summed E-state index contributed by atoms with van der Waals surface area (Å²) in [5, 5.41) is 17.1. The van der Waals surface area contributed by atoms with E-state index in [1.54, 1.807) is 18.2 Å². The molecule has 4 N–H and O–H groups in total. The number of fused-ring (bicyclic) bond motifs is 1. The average Bonchev–Trinajstić information content (AvgIpc) is 3.32. The van der Waals surface area contributed by atoms with E-state index in [0.717, 1.165) is 42.8 Å². The molecular formula is C25H24F5N5O2. The Hall–Kier alpha value is -3.96. The van der Waals surface area contributed by atoms with Crippen molar-refractivity contribution in [2.24, 2.45) is 16.6 Å². The number of benzene rings is 2. The number of rotatable bonds is 7. The van der Waals surface area contributed by atoms with Gasteiger partial charge in [0.15, 0.2) is 17.4 Å². The molecule has 1 saturated carbocycles. The van der Waals surface area contributed by atoms with Gasteiger partial charge >= 0.3 is 6.55 Å². The number of alkyl halides is 2. The maximum Gasteiger partial charge on any atom is 0.331 e. The zero-order chi connectivity index (χ0) is 26.7. The Bertz CT molecular complexity index is 1360. The largest absolute Gasteiger partial charge is 0.503 e. The number of phenolic OH excluding ortho intramolecular Hbond substituents is 1. The van der Waals surface area contributed by atoms with Crippen LogP contribution in [0.4, 0.5) is 22.0 Å². The van der Waals surface area contributed by atoms with Crippen molar-refractivity contribution in [3.05, 3.63) is 65.2 Å². The van der Waals surface area contributed by atoms with Crippen LogP contribution in [-0.2, 0) is 0 Å². The van der Waals surface area contributed by atoms with Crippen LogP contribution in [0.5, 0.6) is 5.75 Å². The first-order valence-electron chi connectivity index (χ1n) is 11.5. The molecule has 0 spiro atoms. The molecule has 0 radical (unpaired) electrons. The second-order valence-corrected chi connectivity index (χ2v) is 8.83. The van der Waals surface area contributed by atoms with Gasteiger partial charge < -0.3 is 16.2 Å². The Morgan fingerprint density at radius 2 is 1.92 bits per heavy atom. The zero-order valence-electron chi connectivity index (χ0n) is 19.5. The topological polar surface area (TPSA) is 106 Å². The number of aliphatic imine (C=N–C) groups is 1. The summed E-state index contributed by atoms with van der Waals surface area (Å²) in [5.41, 5.74) is 6.47. The molecule has 1 heterocycles. The third-order valence-electron chi connectivity index (χ3n) is 6.48. The van der Waals surface area contributed by atoms with Gasteiger partial charge in [0.2, 0.25) is 5.82 Å². The maximum atomic E-state index is 13.9. The quantitative estimate of drug-likeness (QED) is 0.178. The Morgan fingerprint density at radius 1 is 1.19 bits per heavy atom. The third-order valence-corrected chi connectivity index (χ3v) is 6.48. The molecule has 3 aromatic rings. The number of nitrogens with zero attached hydrogens (tertiary/aromatic N) is 3. The number of phenols is 1. The van der Waals surface area contributed by atoms with Gasteiger partial charge in [-0.25, -0.2) is 13.8 Å². The summed E-state index contributed by atoms with van der Waals surface area (Å²) < 4.78 is 67.7. The third kappa shape index (κ3) is 5.73. The molecule has 1 aliphatic rings. The molecule has 4 rings (SSSR count). The van der Waals surface area contributed by atoms with Crippen LogP contribution < -0.4 is 11.1 Å². The number of carbonyl (C=O) groups is 1. The summed E-state index contributed by atoms with van der Waals surface area (Å²) in [5.74, 6) is -7.17. The van der Waals surface area contributed by atoms with Crippen molar-refractivity contribution in [1.29, 1.82) is 0 Å². The van der Waals surface area contributed by atoms with Crippen molar-refractivity contribution in [3.63, 3.8) is 0 Å². The van der Waals surface area contributed by atoms with Gasteiger partial charge in [-0.3, -0.25) is 9.48 Å². The highest BCUT2D eigenvalue weighted by atomic mass is 19.3. The van der Waals surface area contributed by atoms with E-state index in [4.69, 9.17) is 10.8 Å². The smallest absolute Gasteiger partial charge is 0.331 e. The SMILES string of the molecule is NC=C(C=NC(F)F)c1ccc2nn(C3CCC(CNC(=O)c4cc(F)c(O)c(F)c4F)CC3)cc2c1. The fraction of sp³-hybridized carbons (Fsp3) is 0.320. The highest BCUT2D eigenvalue weighted by molar-refractivity contribution is 6.10. The number of hydrogen-bond acceptors (Lipinski definition) is 5. The first kappa shape index (κ1) is 26.1. The highest BCUT2D eigenvalue weighted by Gasteiger charge is 2.26. The standard InChI is InChI=1S/C25H24F5N5O2/c26-19-8-18(21(27)22(28)23(19)36)24(37)32-10-13-1-4-17(5-2-13)35-12-15-7-14(3-6-20(15)34-35)16(9-31)11-33-25(29)30/h3,6-9,11-13,17,25,36H,1-2,4-5,10,31H2,(H,32,37). The molecule has 0 saturated heterocycles. The number of hydrogen-bond donors (Lipinski definition) is 3. The van der Waals surface area contributed by atoms with Gasteiger partial charge in [-0.2, -0.15) is 18.3 Å². The number of allylic oxidation sites excluding steroid dienone is 1. The lowest BCUT2D eigenvalue weighted by Gasteiger charge is -2.28. The molecule has 2 aromatic carbocycles. The minimum atomic E-state index is -2.83. The summed E-state index contributed by atoms with van der Waals surface area (Å²) in [4.78, 5) is 15.3. The second kappa shape index (κ2) is 11.0. The van der Waals surface area contributed by atoms with Crippen LogP contribution in [-0.4, -0.2) is 40.1 Å². The molecule has 1 aliphatic carbocycles. The van der Waals surface area contributed by atoms with E-state index >= 15 is 0 Å². The van der Waals surface area contributed by atoms with Gasteiger partial charge in [0.1, 0.15) is 0 Å². The Balaban J connectivity index is 1.36. The summed E-state index contributed by atoms with van der Waals surface area (Å²) >= 11 is 0. The molecule has 196 valence electrons. The summed E-state index contributed by atoms with van der Waals surface area (Å²) in [6.07, 6.45) is 7.09. The van der Waals surface area contributed by atoms with Crippen LogP contribution in [0.3, 0.4) is 0 Å². The van der Waals surface area contributed by atoms with Crippen molar-refractivity contribution in [2.45, 2.75) is 38.3 Å². The Kier molecular flexibility index (Phi) is 7.74. The molecule has 0 aliphatic heterocycles. The van der Waals surface area contributed by atoms with Crippen LogP contribution in [0.25, 0.3) is 16.5 Å². The lowest BCUT2D eigenvalue weighted by Crippen LogP contribution is -2.32. The van der Waals surface area contributed by atoms with Crippen LogP contribution in [0, 0.1) is 23.4 Å². The van der Waals surface area contributed by atoms with Crippen molar-refractivity contribution in [1.82, 2.24) is 15.1 Å². The number of nitrogens with one attached hydrogen (secondary N) is 1. The fourth-order valence-corrected chi connectivity index (χ4v) is 4.46. The molecule has 0 atom stereocenters. The van der Waals surface area contributed by atoms with E-state index in [1.807, 2.05) is 10.9 Å². The predicted molar refractivity (Wildman–Crippen MR) is 128 cm³/mol. The van der Waals surface area contributed by atoms with Crippen LogP contribution in [0.1, 0.15) is 47.6 Å². The van der Waals surface area contributed by atoms with E-state index in [9.17, 15) is 26.7 Å². The Labute approximate surface area is 208 Å². The molecule has 1 amide bonds. The number of amides is 1. The van der Waals surface area contributed by atoms with E-state index in [1.165, 1.54) is 6.20 Å². The number of aromatic hydroxyl groups is 1. The average molecular weight is 521 g/mol. The van der Waals surface area contributed by atoms with Gasteiger partial charge in [0.25, 0.3) is 5.91 Å².